The number of para-hydroxylation sites is 1. The largest absolute Gasteiger partial charge is 0.497 e. The number of rotatable bonds is 3. The highest BCUT2D eigenvalue weighted by molar-refractivity contribution is 5.90. The Kier molecular flexibility index (Phi) is 5.19. The summed E-state index contributed by atoms with van der Waals surface area (Å²) in [5.41, 5.74) is 1.85. The number of ether oxygens (including phenoxy) is 2. The number of halogens is 1. The molecule has 1 atom stereocenters. The van der Waals surface area contributed by atoms with E-state index in [9.17, 15) is 9.18 Å². The first-order chi connectivity index (χ1) is 12.1. The molecular formula is C19H21FN2O3. The fourth-order valence-corrected chi connectivity index (χ4v) is 2.85. The topological polar surface area (TPSA) is 50.8 Å². The molecule has 0 bridgehead atoms. The number of methoxy groups -OCH3 is 1. The van der Waals surface area contributed by atoms with E-state index in [4.69, 9.17) is 9.47 Å². The van der Waals surface area contributed by atoms with Gasteiger partial charge in [0.2, 0.25) is 0 Å². The van der Waals surface area contributed by atoms with Crippen LogP contribution < -0.4 is 10.1 Å². The van der Waals surface area contributed by atoms with Gasteiger partial charge in [0.25, 0.3) is 0 Å². The van der Waals surface area contributed by atoms with Crippen LogP contribution in [0, 0.1) is 12.7 Å². The predicted octanol–water partition coefficient (Wildman–Crippen LogP) is 3.75. The standard InChI is InChI=1S/C19H21FN2O3/c1-13-5-3-8-16(20)18(13)21-19(23)22-9-10-25-17(12-22)14-6-4-7-15(11-14)24-2/h3-8,11,17H,9-10,12H2,1-2H3,(H,21,23)/t17-/m0/s1. The normalized spacial score (nSPS) is 17.2. The second-order valence-corrected chi connectivity index (χ2v) is 5.94. The number of morpholine rings is 1. The summed E-state index contributed by atoms with van der Waals surface area (Å²) in [5.74, 6) is 0.301. The van der Waals surface area contributed by atoms with Gasteiger partial charge in [0.15, 0.2) is 0 Å². The third-order valence-corrected chi connectivity index (χ3v) is 4.27. The van der Waals surface area contributed by atoms with Crippen LogP contribution in [0.5, 0.6) is 5.75 Å². The summed E-state index contributed by atoms with van der Waals surface area (Å²) in [6, 6.07) is 12.0. The average Bonchev–Trinajstić information content (AvgIpc) is 2.65. The molecule has 1 aliphatic heterocycles. The maximum atomic E-state index is 13.9. The monoisotopic (exact) mass is 344 g/mol. The van der Waals surface area contributed by atoms with Crippen molar-refractivity contribution in [3.63, 3.8) is 0 Å². The second kappa shape index (κ2) is 7.53. The van der Waals surface area contributed by atoms with Crippen molar-refractivity contribution in [2.24, 2.45) is 0 Å². The molecule has 0 aromatic heterocycles. The van der Waals surface area contributed by atoms with E-state index in [1.807, 2.05) is 24.3 Å². The summed E-state index contributed by atoms with van der Waals surface area (Å²) >= 11 is 0. The number of nitrogens with one attached hydrogen (secondary N) is 1. The first-order valence-electron chi connectivity index (χ1n) is 8.15. The lowest BCUT2D eigenvalue weighted by atomic mass is 10.1. The van der Waals surface area contributed by atoms with E-state index in [0.29, 0.717) is 25.3 Å². The predicted molar refractivity (Wildman–Crippen MR) is 93.4 cm³/mol. The van der Waals surface area contributed by atoms with Crippen molar-refractivity contribution in [1.82, 2.24) is 4.90 Å². The summed E-state index contributed by atoms with van der Waals surface area (Å²) in [6.45, 7) is 3.04. The van der Waals surface area contributed by atoms with Crippen molar-refractivity contribution in [2.75, 3.05) is 32.1 Å². The van der Waals surface area contributed by atoms with Crippen LogP contribution in [0.15, 0.2) is 42.5 Å². The number of carbonyl (C=O) groups is 1. The third kappa shape index (κ3) is 3.91. The molecular weight excluding hydrogens is 323 g/mol. The molecule has 6 heteroatoms. The number of hydrogen-bond acceptors (Lipinski definition) is 3. The molecule has 2 aromatic carbocycles. The van der Waals surface area contributed by atoms with Crippen LogP contribution in [0.1, 0.15) is 17.2 Å². The van der Waals surface area contributed by atoms with Gasteiger partial charge in [0, 0.05) is 6.54 Å². The Morgan fingerprint density at radius 1 is 1.32 bits per heavy atom. The van der Waals surface area contributed by atoms with Gasteiger partial charge in [0.1, 0.15) is 17.7 Å². The van der Waals surface area contributed by atoms with Gasteiger partial charge in [-0.2, -0.15) is 0 Å². The van der Waals surface area contributed by atoms with Gasteiger partial charge in [0.05, 0.1) is 25.9 Å². The van der Waals surface area contributed by atoms with E-state index >= 15 is 0 Å². The summed E-state index contributed by atoms with van der Waals surface area (Å²) in [6.07, 6.45) is -0.240. The van der Waals surface area contributed by atoms with Gasteiger partial charge in [-0.25, -0.2) is 9.18 Å². The molecule has 1 saturated heterocycles. The number of benzene rings is 2. The molecule has 3 rings (SSSR count). The van der Waals surface area contributed by atoms with Gasteiger partial charge < -0.3 is 19.7 Å². The number of hydrogen-bond donors (Lipinski definition) is 1. The second-order valence-electron chi connectivity index (χ2n) is 5.94. The Bertz CT molecular complexity index is 746. The quantitative estimate of drug-likeness (QED) is 0.923. The van der Waals surface area contributed by atoms with Crippen LogP contribution in [0.2, 0.25) is 0 Å². The van der Waals surface area contributed by atoms with Crippen LogP contribution in [-0.2, 0) is 4.74 Å². The number of aryl methyl sites for hydroxylation is 1. The van der Waals surface area contributed by atoms with Gasteiger partial charge in [-0.1, -0.05) is 24.3 Å². The van der Waals surface area contributed by atoms with Gasteiger partial charge in [-0.15, -0.1) is 0 Å². The fraction of sp³-hybridized carbons (Fsp3) is 0.316. The molecule has 0 spiro atoms. The molecule has 0 aliphatic carbocycles. The van der Waals surface area contributed by atoms with Crippen LogP contribution in [0.4, 0.5) is 14.9 Å². The van der Waals surface area contributed by atoms with E-state index in [-0.39, 0.29) is 17.8 Å². The van der Waals surface area contributed by atoms with Gasteiger partial charge in [-0.05, 0) is 36.2 Å². The first-order valence-corrected chi connectivity index (χ1v) is 8.15. The number of nitrogens with zero attached hydrogens (tertiary/aromatic N) is 1. The summed E-state index contributed by atoms with van der Waals surface area (Å²) in [4.78, 5) is 14.2. The van der Waals surface area contributed by atoms with Crippen LogP contribution in [0.25, 0.3) is 0 Å². The van der Waals surface area contributed by atoms with Crippen molar-refractivity contribution in [3.05, 3.63) is 59.4 Å². The van der Waals surface area contributed by atoms with Crippen molar-refractivity contribution < 1.29 is 18.7 Å². The number of anilines is 1. The minimum Gasteiger partial charge on any atom is -0.497 e. The molecule has 5 nitrogen and oxygen atoms in total. The number of carbonyl (C=O) groups excluding carboxylic acids is 1. The molecule has 2 aromatic rings. The van der Waals surface area contributed by atoms with Crippen LogP contribution in [0.3, 0.4) is 0 Å². The summed E-state index contributed by atoms with van der Waals surface area (Å²) in [7, 11) is 1.61. The Hall–Kier alpha value is -2.60. The van der Waals surface area contributed by atoms with E-state index in [1.165, 1.54) is 6.07 Å². The molecule has 1 fully saturated rings. The van der Waals surface area contributed by atoms with Gasteiger partial charge >= 0.3 is 6.03 Å². The van der Waals surface area contributed by atoms with Gasteiger partial charge in [-0.3, -0.25) is 0 Å². The Balaban J connectivity index is 1.71. The molecule has 1 N–H and O–H groups in total. The van der Waals surface area contributed by atoms with E-state index in [1.54, 1.807) is 31.1 Å². The van der Waals surface area contributed by atoms with E-state index in [0.717, 1.165) is 11.3 Å². The summed E-state index contributed by atoms with van der Waals surface area (Å²) in [5, 5.41) is 2.67. The highest BCUT2D eigenvalue weighted by Crippen LogP contribution is 2.26. The van der Waals surface area contributed by atoms with Crippen molar-refractivity contribution in [3.8, 4) is 5.75 Å². The maximum absolute atomic E-state index is 13.9. The van der Waals surface area contributed by atoms with Crippen molar-refractivity contribution in [2.45, 2.75) is 13.0 Å². The van der Waals surface area contributed by atoms with E-state index in [2.05, 4.69) is 5.32 Å². The lowest BCUT2D eigenvalue weighted by Gasteiger charge is -2.33. The van der Waals surface area contributed by atoms with Crippen molar-refractivity contribution >= 4 is 11.7 Å². The summed E-state index contributed by atoms with van der Waals surface area (Å²) < 4.78 is 25.0. The Labute approximate surface area is 146 Å². The number of urea groups is 1. The third-order valence-electron chi connectivity index (χ3n) is 4.27. The molecule has 25 heavy (non-hydrogen) atoms. The molecule has 0 unspecified atom stereocenters. The first kappa shape index (κ1) is 17.2. The molecule has 0 saturated carbocycles. The zero-order chi connectivity index (χ0) is 17.8. The molecule has 0 radical (unpaired) electrons. The lowest BCUT2D eigenvalue weighted by Crippen LogP contribution is -2.44. The molecule has 132 valence electrons. The SMILES string of the molecule is COc1cccc([C@@H]2CN(C(=O)Nc3c(C)cccc3F)CCO2)c1. The highest BCUT2D eigenvalue weighted by Gasteiger charge is 2.26. The van der Waals surface area contributed by atoms with E-state index < -0.39 is 5.82 Å². The maximum Gasteiger partial charge on any atom is 0.322 e. The zero-order valence-electron chi connectivity index (χ0n) is 14.3. The smallest absolute Gasteiger partial charge is 0.322 e. The molecule has 2 amide bonds. The highest BCUT2D eigenvalue weighted by atomic mass is 19.1. The minimum absolute atomic E-state index is 0.219. The van der Waals surface area contributed by atoms with Crippen molar-refractivity contribution in [1.29, 1.82) is 0 Å². The fourth-order valence-electron chi connectivity index (χ4n) is 2.85. The zero-order valence-corrected chi connectivity index (χ0v) is 14.3. The number of amides is 2. The average molecular weight is 344 g/mol. The Morgan fingerprint density at radius 2 is 2.12 bits per heavy atom. The Morgan fingerprint density at radius 3 is 2.88 bits per heavy atom. The molecule has 1 aliphatic rings. The minimum atomic E-state index is -0.439. The van der Waals surface area contributed by atoms with Crippen LogP contribution >= 0.6 is 0 Å². The lowest BCUT2D eigenvalue weighted by molar-refractivity contribution is -0.0135. The van der Waals surface area contributed by atoms with Crippen LogP contribution in [-0.4, -0.2) is 37.7 Å². The molecule has 1 heterocycles.